The summed E-state index contributed by atoms with van der Waals surface area (Å²) in [5.74, 6) is 0.677. The SMILES string of the molecule is C1=C(c2cccnc2)CCC[C@H]1CN1CC=C(c2ccccc2)CC1. The topological polar surface area (TPSA) is 16.1 Å². The van der Waals surface area contributed by atoms with Crippen LogP contribution in [-0.4, -0.2) is 29.5 Å². The largest absolute Gasteiger partial charge is 0.299 e. The predicted molar refractivity (Wildman–Crippen MR) is 105 cm³/mol. The molecule has 2 nitrogen and oxygen atoms in total. The molecule has 2 aliphatic rings. The molecule has 128 valence electrons. The number of aromatic nitrogens is 1. The first-order valence-electron chi connectivity index (χ1n) is 9.46. The number of nitrogens with zero attached hydrogens (tertiary/aromatic N) is 2. The summed E-state index contributed by atoms with van der Waals surface area (Å²) in [4.78, 5) is 6.89. The van der Waals surface area contributed by atoms with Crippen molar-refractivity contribution >= 4 is 11.1 Å². The van der Waals surface area contributed by atoms with Gasteiger partial charge in [-0.25, -0.2) is 0 Å². The Labute approximate surface area is 150 Å². The fraction of sp³-hybridized carbons (Fsp3) is 0.348. The Bertz CT molecular complexity index is 746. The van der Waals surface area contributed by atoms with Gasteiger partial charge in [-0.05, 0) is 59.9 Å². The average molecular weight is 330 g/mol. The first-order valence-corrected chi connectivity index (χ1v) is 9.46. The Kier molecular flexibility index (Phi) is 5.08. The van der Waals surface area contributed by atoms with E-state index in [0.717, 1.165) is 13.0 Å². The van der Waals surface area contributed by atoms with E-state index in [-0.39, 0.29) is 0 Å². The standard InChI is InChI=1S/C23H26N2/c1-2-7-20(8-3-1)21-11-14-25(15-12-21)18-19-6-4-9-22(16-19)23-10-5-13-24-17-23/h1-3,5,7-8,10-11,13,16-17,19H,4,6,9,12,14-15,18H2/t19-/m1/s1. The predicted octanol–water partition coefficient (Wildman–Crippen LogP) is 5.05. The summed E-state index contributed by atoms with van der Waals surface area (Å²) in [7, 11) is 0. The van der Waals surface area contributed by atoms with Crippen LogP contribution in [0.4, 0.5) is 0 Å². The molecule has 1 aliphatic carbocycles. The van der Waals surface area contributed by atoms with E-state index in [1.54, 1.807) is 0 Å². The van der Waals surface area contributed by atoms with Crippen LogP contribution >= 0.6 is 0 Å². The van der Waals surface area contributed by atoms with E-state index >= 15 is 0 Å². The molecule has 0 bridgehead atoms. The van der Waals surface area contributed by atoms with E-state index in [1.165, 1.54) is 54.6 Å². The molecule has 2 aromatic rings. The minimum atomic E-state index is 0.677. The van der Waals surface area contributed by atoms with Gasteiger partial charge in [0.1, 0.15) is 0 Å². The third kappa shape index (κ3) is 4.08. The number of rotatable bonds is 4. The Morgan fingerprint density at radius 1 is 0.960 bits per heavy atom. The van der Waals surface area contributed by atoms with Gasteiger partial charge in [0, 0.05) is 32.0 Å². The van der Waals surface area contributed by atoms with Crippen molar-refractivity contribution in [3.63, 3.8) is 0 Å². The molecule has 0 N–H and O–H groups in total. The van der Waals surface area contributed by atoms with Gasteiger partial charge >= 0.3 is 0 Å². The Hall–Kier alpha value is -2.19. The molecule has 0 spiro atoms. The summed E-state index contributed by atoms with van der Waals surface area (Å²) in [5, 5.41) is 0. The minimum Gasteiger partial charge on any atom is -0.299 e. The number of hydrogen-bond acceptors (Lipinski definition) is 2. The molecule has 1 aromatic heterocycles. The van der Waals surface area contributed by atoms with Gasteiger partial charge in [-0.1, -0.05) is 48.6 Å². The highest BCUT2D eigenvalue weighted by Gasteiger charge is 2.19. The minimum absolute atomic E-state index is 0.677. The van der Waals surface area contributed by atoms with Gasteiger partial charge in [-0.15, -0.1) is 0 Å². The second kappa shape index (κ2) is 7.79. The molecule has 2 heteroatoms. The molecule has 0 radical (unpaired) electrons. The zero-order chi connectivity index (χ0) is 16.9. The number of pyridine rings is 1. The second-order valence-corrected chi connectivity index (χ2v) is 7.19. The molecular formula is C23H26N2. The number of hydrogen-bond donors (Lipinski definition) is 0. The monoisotopic (exact) mass is 330 g/mol. The molecule has 25 heavy (non-hydrogen) atoms. The second-order valence-electron chi connectivity index (χ2n) is 7.19. The van der Waals surface area contributed by atoms with Crippen molar-refractivity contribution in [2.24, 2.45) is 5.92 Å². The van der Waals surface area contributed by atoms with Crippen LogP contribution in [-0.2, 0) is 0 Å². The number of benzene rings is 1. The van der Waals surface area contributed by atoms with E-state index in [4.69, 9.17) is 0 Å². The van der Waals surface area contributed by atoms with Crippen LogP contribution in [0.1, 0.15) is 36.8 Å². The number of allylic oxidation sites excluding steroid dienone is 1. The third-order valence-corrected chi connectivity index (χ3v) is 5.42. The maximum atomic E-state index is 4.28. The lowest BCUT2D eigenvalue weighted by Gasteiger charge is -2.31. The molecule has 0 unspecified atom stereocenters. The molecule has 0 saturated carbocycles. The fourth-order valence-electron chi connectivity index (χ4n) is 4.07. The maximum absolute atomic E-state index is 4.28. The van der Waals surface area contributed by atoms with Crippen LogP contribution in [0, 0.1) is 5.92 Å². The van der Waals surface area contributed by atoms with E-state index < -0.39 is 0 Å². The van der Waals surface area contributed by atoms with Gasteiger partial charge in [0.15, 0.2) is 0 Å². The summed E-state index contributed by atoms with van der Waals surface area (Å²) < 4.78 is 0. The third-order valence-electron chi connectivity index (χ3n) is 5.42. The van der Waals surface area contributed by atoms with E-state index in [9.17, 15) is 0 Å². The van der Waals surface area contributed by atoms with E-state index in [2.05, 4.69) is 58.4 Å². The molecule has 2 heterocycles. The summed E-state index contributed by atoms with van der Waals surface area (Å²) in [6.45, 7) is 3.44. The lowest BCUT2D eigenvalue weighted by Crippen LogP contribution is -2.33. The highest BCUT2D eigenvalue weighted by atomic mass is 15.1. The van der Waals surface area contributed by atoms with Crippen LogP contribution in [0.5, 0.6) is 0 Å². The summed E-state index contributed by atoms with van der Waals surface area (Å²) in [5.41, 5.74) is 5.68. The Morgan fingerprint density at radius 3 is 2.60 bits per heavy atom. The normalized spacial score (nSPS) is 21.5. The molecule has 1 aliphatic heterocycles. The molecule has 0 amide bonds. The van der Waals surface area contributed by atoms with Crippen molar-refractivity contribution < 1.29 is 0 Å². The van der Waals surface area contributed by atoms with Crippen molar-refractivity contribution in [3.05, 3.63) is 78.1 Å². The Balaban J connectivity index is 1.39. The first-order chi connectivity index (χ1) is 12.4. The Morgan fingerprint density at radius 2 is 1.84 bits per heavy atom. The summed E-state index contributed by atoms with van der Waals surface area (Å²) in [6, 6.07) is 15.0. The molecule has 0 fully saturated rings. The van der Waals surface area contributed by atoms with Crippen molar-refractivity contribution in [1.82, 2.24) is 9.88 Å². The molecular weight excluding hydrogens is 304 g/mol. The van der Waals surface area contributed by atoms with Gasteiger partial charge in [-0.2, -0.15) is 0 Å². The average Bonchev–Trinajstić information content (AvgIpc) is 2.70. The molecule has 1 atom stereocenters. The van der Waals surface area contributed by atoms with Crippen LogP contribution in [0.3, 0.4) is 0 Å². The van der Waals surface area contributed by atoms with Crippen molar-refractivity contribution in [2.75, 3.05) is 19.6 Å². The van der Waals surface area contributed by atoms with Gasteiger partial charge in [0.05, 0.1) is 0 Å². The van der Waals surface area contributed by atoms with E-state index in [1.807, 2.05) is 18.5 Å². The van der Waals surface area contributed by atoms with Crippen LogP contribution in [0.15, 0.2) is 67.0 Å². The molecule has 0 saturated heterocycles. The zero-order valence-electron chi connectivity index (χ0n) is 14.8. The van der Waals surface area contributed by atoms with Crippen LogP contribution in [0.2, 0.25) is 0 Å². The zero-order valence-corrected chi connectivity index (χ0v) is 14.8. The quantitative estimate of drug-likeness (QED) is 0.779. The molecule has 1 aromatic carbocycles. The highest BCUT2D eigenvalue weighted by Crippen LogP contribution is 2.31. The summed E-state index contributed by atoms with van der Waals surface area (Å²) in [6.07, 6.45) is 13.8. The maximum Gasteiger partial charge on any atom is 0.0342 e. The van der Waals surface area contributed by atoms with Gasteiger partial charge < -0.3 is 0 Å². The summed E-state index contributed by atoms with van der Waals surface area (Å²) >= 11 is 0. The lowest BCUT2D eigenvalue weighted by atomic mass is 9.87. The first kappa shape index (κ1) is 16.3. The smallest absolute Gasteiger partial charge is 0.0342 e. The van der Waals surface area contributed by atoms with Crippen LogP contribution in [0.25, 0.3) is 11.1 Å². The molecule has 4 rings (SSSR count). The van der Waals surface area contributed by atoms with Gasteiger partial charge in [-0.3, -0.25) is 9.88 Å². The van der Waals surface area contributed by atoms with Gasteiger partial charge in [0.2, 0.25) is 0 Å². The van der Waals surface area contributed by atoms with Crippen molar-refractivity contribution in [3.8, 4) is 0 Å². The van der Waals surface area contributed by atoms with Gasteiger partial charge in [0.25, 0.3) is 0 Å². The van der Waals surface area contributed by atoms with Crippen molar-refractivity contribution in [2.45, 2.75) is 25.7 Å². The van der Waals surface area contributed by atoms with Crippen LogP contribution < -0.4 is 0 Å². The lowest BCUT2D eigenvalue weighted by molar-refractivity contribution is 0.262. The fourth-order valence-corrected chi connectivity index (χ4v) is 4.07. The van der Waals surface area contributed by atoms with E-state index in [0.29, 0.717) is 5.92 Å². The van der Waals surface area contributed by atoms with Crippen molar-refractivity contribution in [1.29, 1.82) is 0 Å². The highest BCUT2D eigenvalue weighted by molar-refractivity contribution is 5.67.